The summed E-state index contributed by atoms with van der Waals surface area (Å²) in [6, 6.07) is 6.20. The van der Waals surface area contributed by atoms with Gasteiger partial charge in [-0.3, -0.25) is 0 Å². The fourth-order valence-corrected chi connectivity index (χ4v) is 4.92. The van der Waals surface area contributed by atoms with Crippen LogP contribution in [0, 0.1) is 22.7 Å². The van der Waals surface area contributed by atoms with E-state index in [0.29, 0.717) is 22.9 Å². The monoisotopic (exact) mass is 409 g/mol. The standard InChI is InChI=1S/C26H23N3O2/c1-16-9-21(13-22-11-19(10-17(2)30-22)20(14-27)15-28)31-26-23-6-4-8-29-7-3-5-18(25(23)29)12-24(16)26/h9-13H,3-8H2,1-2H3. The van der Waals surface area contributed by atoms with Crippen LogP contribution in [0.25, 0.3) is 5.57 Å². The van der Waals surface area contributed by atoms with Gasteiger partial charge in [0.05, 0.1) is 0 Å². The molecule has 0 unspecified atom stereocenters. The number of fused-ring (bicyclic) bond motifs is 2. The van der Waals surface area contributed by atoms with E-state index in [1.807, 2.05) is 24.3 Å². The third-order valence-electron chi connectivity index (χ3n) is 6.21. The summed E-state index contributed by atoms with van der Waals surface area (Å²) in [7, 11) is 0. The van der Waals surface area contributed by atoms with Crippen molar-refractivity contribution in [2.75, 3.05) is 18.0 Å². The molecule has 0 N–H and O–H groups in total. The largest absolute Gasteiger partial charge is 0.462 e. The van der Waals surface area contributed by atoms with Crippen LogP contribution in [0.1, 0.15) is 43.4 Å². The number of allylic oxidation sites excluding steroid dienone is 8. The van der Waals surface area contributed by atoms with Crippen molar-refractivity contribution >= 4 is 11.3 Å². The van der Waals surface area contributed by atoms with Gasteiger partial charge in [-0.2, -0.15) is 10.5 Å². The molecule has 5 nitrogen and oxygen atoms in total. The summed E-state index contributed by atoms with van der Waals surface area (Å²) in [4.78, 5) is 2.52. The van der Waals surface area contributed by atoms with Crippen molar-refractivity contribution in [3.8, 4) is 17.9 Å². The molecular formula is C26H23N3O2. The van der Waals surface area contributed by atoms with Crippen molar-refractivity contribution in [3.05, 3.63) is 75.5 Å². The summed E-state index contributed by atoms with van der Waals surface area (Å²) in [5, 5.41) is 18.4. The molecule has 0 amide bonds. The molecule has 0 radical (unpaired) electrons. The van der Waals surface area contributed by atoms with E-state index in [4.69, 9.17) is 9.47 Å². The molecule has 0 saturated carbocycles. The summed E-state index contributed by atoms with van der Waals surface area (Å²) in [5.74, 6) is 2.84. The Labute approximate surface area is 182 Å². The van der Waals surface area contributed by atoms with Gasteiger partial charge < -0.3 is 14.4 Å². The van der Waals surface area contributed by atoms with Crippen LogP contribution in [0.2, 0.25) is 0 Å². The summed E-state index contributed by atoms with van der Waals surface area (Å²) >= 11 is 0. The van der Waals surface area contributed by atoms with Crippen LogP contribution < -0.4 is 9.64 Å². The Kier molecular flexibility index (Phi) is 4.68. The predicted molar refractivity (Wildman–Crippen MR) is 119 cm³/mol. The molecule has 1 aromatic rings. The molecule has 4 aliphatic heterocycles. The highest BCUT2D eigenvalue weighted by Crippen LogP contribution is 2.46. The SMILES string of the molecule is CC1=CC(=C(C#N)C#N)C=C(C=C2C=C(C)c3cc4c5c(c3O2)CCCN5CCC4)O1. The number of ether oxygens (including phenoxy) is 2. The van der Waals surface area contributed by atoms with Gasteiger partial charge in [0.25, 0.3) is 0 Å². The van der Waals surface area contributed by atoms with Crippen molar-refractivity contribution in [1.29, 1.82) is 10.5 Å². The summed E-state index contributed by atoms with van der Waals surface area (Å²) in [6.45, 7) is 6.17. The van der Waals surface area contributed by atoms with Crippen molar-refractivity contribution in [3.63, 3.8) is 0 Å². The number of nitrogens with zero attached hydrogens (tertiary/aromatic N) is 3. The van der Waals surface area contributed by atoms with Gasteiger partial charge in [-0.15, -0.1) is 0 Å². The molecule has 5 rings (SSSR count). The minimum atomic E-state index is 0.0660. The van der Waals surface area contributed by atoms with E-state index in [0.717, 1.165) is 38.1 Å². The first kappa shape index (κ1) is 19.3. The topological polar surface area (TPSA) is 69.3 Å². The molecule has 0 saturated heterocycles. The van der Waals surface area contributed by atoms with E-state index in [1.54, 1.807) is 19.1 Å². The molecule has 1 aromatic carbocycles. The van der Waals surface area contributed by atoms with Crippen LogP contribution in [0.3, 0.4) is 0 Å². The normalized spacial score (nSPS) is 20.1. The average Bonchev–Trinajstić information content (AvgIpc) is 2.75. The number of anilines is 1. The second-order valence-corrected chi connectivity index (χ2v) is 8.37. The highest BCUT2D eigenvalue weighted by atomic mass is 16.5. The minimum absolute atomic E-state index is 0.0660. The van der Waals surface area contributed by atoms with E-state index in [9.17, 15) is 10.5 Å². The molecule has 0 spiro atoms. The number of nitriles is 2. The van der Waals surface area contributed by atoms with E-state index in [2.05, 4.69) is 17.9 Å². The first-order chi connectivity index (χ1) is 15.1. The number of rotatable bonds is 1. The van der Waals surface area contributed by atoms with Gasteiger partial charge in [-0.05, 0) is 75.0 Å². The molecule has 4 heterocycles. The molecule has 31 heavy (non-hydrogen) atoms. The van der Waals surface area contributed by atoms with Crippen molar-refractivity contribution in [2.45, 2.75) is 39.5 Å². The Morgan fingerprint density at radius 3 is 2.58 bits per heavy atom. The Balaban J connectivity index is 1.57. The van der Waals surface area contributed by atoms with E-state index >= 15 is 0 Å². The lowest BCUT2D eigenvalue weighted by Crippen LogP contribution is -2.35. The Morgan fingerprint density at radius 2 is 1.81 bits per heavy atom. The zero-order chi connectivity index (χ0) is 21.5. The van der Waals surface area contributed by atoms with E-state index < -0.39 is 0 Å². The maximum Gasteiger partial charge on any atom is 0.140 e. The van der Waals surface area contributed by atoms with Gasteiger partial charge in [0, 0.05) is 41.6 Å². The molecular weight excluding hydrogens is 386 g/mol. The van der Waals surface area contributed by atoms with E-state index in [1.165, 1.54) is 34.4 Å². The summed E-state index contributed by atoms with van der Waals surface area (Å²) in [5.41, 5.74) is 7.12. The number of benzene rings is 1. The Bertz CT molecular complexity index is 1210. The molecule has 0 atom stereocenters. The third-order valence-corrected chi connectivity index (χ3v) is 6.21. The lowest BCUT2D eigenvalue weighted by atomic mass is 9.86. The zero-order valence-corrected chi connectivity index (χ0v) is 17.8. The van der Waals surface area contributed by atoms with Crippen molar-refractivity contribution in [1.82, 2.24) is 0 Å². The smallest absolute Gasteiger partial charge is 0.140 e. The lowest BCUT2D eigenvalue weighted by Gasteiger charge is -2.39. The fourth-order valence-electron chi connectivity index (χ4n) is 4.92. The summed E-state index contributed by atoms with van der Waals surface area (Å²) in [6.07, 6.45) is 11.8. The molecule has 0 fully saturated rings. The van der Waals surface area contributed by atoms with Gasteiger partial charge in [-0.25, -0.2) is 0 Å². The molecule has 154 valence electrons. The third kappa shape index (κ3) is 3.33. The molecule has 5 heteroatoms. The van der Waals surface area contributed by atoms with Crippen LogP contribution in [0.4, 0.5) is 5.69 Å². The average molecular weight is 409 g/mol. The van der Waals surface area contributed by atoms with Gasteiger partial charge in [0.15, 0.2) is 0 Å². The second-order valence-electron chi connectivity index (χ2n) is 8.37. The van der Waals surface area contributed by atoms with Crippen LogP contribution in [0.15, 0.2) is 58.8 Å². The molecule has 0 aliphatic carbocycles. The quantitative estimate of drug-likeness (QED) is 0.594. The van der Waals surface area contributed by atoms with E-state index in [-0.39, 0.29) is 5.57 Å². The van der Waals surface area contributed by atoms with Crippen molar-refractivity contribution in [2.24, 2.45) is 0 Å². The summed E-state index contributed by atoms with van der Waals surface area (Å²) < 4.78 is 12.3. The highest BCUT2D eigenvalue weighted by Gasteiger charge is 2.30. The maximum absolute atomic E-state index is 9.21. The lowest BCUT2D eigenvalue weighted by molar-refractivity contribution is 0.313. The number of aryl methyl sites for hydroxylation is 1. The number of hydrogen-bond acceptors (Lipinski definition) is 5. The first-order valence-corrected chi connectivity index (χ1v) is 10.7. The second kappa shape index (κ2) is 7.52. The van der Waals surface area contributed by atoms with Crippen LogP contribution in [0.5, 0.6) is 5.75 Å². The van der Waals surface area contributed by atoms with Gasteiger partial charge in [-0.1, -0.05) is 0 Å². The van der Waals surface area contributed by atoms with Crippen LogP contribution >= 0.6 is 0 Å². The van der Waals surface area contributed by atoms with Gasteiger partial charge >= 0.3 is 0 Å². The van der Waals surface area contributed by atoms with Crippen LogP contribution in [-0.2, 0) is 17.6 Å². The minimum Gasteiger partial charge on any atom is -0.462 e. The van der Waals surface area contributed by atoms with Crippen molar-refractivity contribution < 1.29 is 9.47 Å². The zero-order valence-electron chi connectivity index (χ0n) is 17.8. The molecule has 0 bridgehead atoms. The van der Waals surface area contributed by atoms with Gasteiger partial charge in [0.1, 0.15) is 40.7 Å². The first-order valence-electron chi connectivity index (χ1n) is 10.7. The number of hydrogen-bond donors (Lipinski definition) is 0. The van der Waals surface area contributed by atoms with Gasteiger partial charge in [0.2, 0.25) is 0 Å². The Morgan fingerprint density at radius 1 is 1.03 bits per heavy atom. The molecule has 0 aromatic heterocycles. The Hall–Kier alpha value is -3.70. The van der Waals surface area contributed by atoms with Crippen LogP contribution in [-0.4, -0.2) is 13.1 Å². The maximum atomic E-state index is 9.21. The highest BCUT2D eigenvalue weighted by molar-refractivity contribution is 5.81. The fraction of sp³-hybridized carbons (Fsp3) is 0.308. The molecule has 4 aliphatic rings. The predicted octanol–water partition coefficient (Wildman–Crippen LogP) is 5.23.